The molecule has 2 atom stereocenters. The lowest BCUT2D eigenvalue weighted by Crippen LogP contribution is -2.39. The van der Waals surface area contributed by atoms with Gasteiger partial charge in [-0.1, -0.05) is 22.9 Å². The van der Waals surface area contributed by atoms with Gasteiger partial charge in [-0.15, -0.1) is 0 Å². The molecule has 1 N–H and O–H groups in total. The van der Waals surface area contributed by atoms with E-state index in [2.05, 4.69) is 21.2 Å². The third-order valence-corrected chi connectivity index (χ3v) is 3.57. The maximum Gasteiger partial charge on any atom is 0.172 e. The van der Waals surface area contributed by atoms with Gasteiger partial charge in [-0.2, -0.15) is 0 Å². The summed E-state index contributed by atoms with van der Waals surface area (Å²) in [6.07, 6.45) is 0. The van der Waals surface area contributed by atoms with E-state index in [0.29, 0.717) is 17.7 Å². The Balaban J connectivity index is 2.22. The summed E-state index contributed by atoms with van der Waals surface area (Å²) in [4.78, 5) is 12.3. The summed E-state index contributed by atoms with van der Waals surface area (Å²) in [5.41, 5.74) is 0.128. The number of hydrogen-bond donors (Lipinski definition) is 1. The lowest BCUT2D eigenvalue weighted by Gasteiger charge is -2.17. The van der Waals surface area contributed by atoms with E-state index < -0.39 is 5.82 Å². The van der Waals surface area contributed by atoms with Crippen molar-refractivity contribution in [2.24, 2.45) is 5.92 Å². The molecule has 1 aliphatic heterocycles. The molecule has 0 bridgehead atoms. The Bertz CT molecular complexity index is 453. The molecule has 2 rings (SSSR count). The third-order valence-electron chi connectivity index (χ3n) is 3.08. The van der Waals surface area contributed by atoms with Crippen molar-refractivity contribution in [2.45, 2.75) is 13.0 Å². The molecule has 1 heterocycles. The van der Waals surface area contributed by atoms with Crippen LogP contribution >= 0.6 is 15.9 Å². The van der Waals surface area contributed by atoms with Crippen LogP contribution in [0, 0.1) is 11.7 Å². The number of hydrogen-bond acceptors (Lipinski definition) is 3. The summed E-state index contributed by atoms with van der Waals surface area (Å²) >= 11 is 3.25. The molecule has 0 radical (unpaired) electrons. The lowest BCUT2D eigenvalue weighted by atomic mass is 9.93. The minimum atomic E-state index is -0.481. The van der Waals surface area contributed by atoms with E-state index in [-0.39, 0.29) is 23.3 Å². The Kier molecular flexibility index (Phi) is 4.48. The fourth-order valence-corrected chi connectivity index (χ4v) is 2.52. The Morgan fingerprint density at radius 2 is 2.33 bits per heavy atom. The van der Waals surface area contributed by atoms with Crippen molar-refractivity contribution in [2.75, 3.05) is 19.8 Å². The number of Topliss-reactive ketones (excluding diaryl/α,β-unsaturated/α-hetero) is 1. The standard InChI is InChI=1S/C13H15BrFNO2/c1-2-16-12-7-18-6-10(12)13(17)9-5-8(14)3-4-11(9)15/h3-5,10,12,16H,2,6-7H2,1H3. The number of halogens is 2. The molecule has 2 unspecified atom stereocenters. The molecular formula is C13H15BrFNO2. The quantitative estimate of drug-likeness (QED) is 0.867. The molecule has 1 aliphatic rings. The van der Waals surface area contributed by atoms with Crippen LogP contribution in [0.4, 0.5) is 4.39 Å². The molecular weight excluding hydrogens is 301 g/mol. The average Bonchev–Trinajstić information content (AvgIpc) is 2.80. The van der Waals surface area contributed by atoms with Crippen LogP contribution in [0.25, 0.3) is 0 Å². The zero-order valence-electron chi connectivity index (χ0n) is 10.1. The molecule has 98 valence electrons. The van der Waals surface area contributed by atoms with Gasteiger partial charge in [-0.3, -0.25) is 4.79 Å². The van der Waals surface area contributed by atoms with Crippen molar-refractivity contribution < 1.29 is 13.9 Å². The first kappa shape index (κ1) is 13.6. The minimum absolute atomic E-state index is 0.0270. The molecule has 3 nitrogen and oxygen atoms in total. The zero-order chi connectivity index (χ0) is 13.1. The van der Waals surface area contributed by atoms with Crippen LogP contribution in [0.1, 0.15) is 17.3 Å². The SMILES string of the molecule is CCNC1COCC1C(=O)c1cc(Br)ccc1F. The van der Waals surface area contributed by atoms with E-state index in [4.69, 9.17) is 4.74 Å². The highest BCUT2D eigenvalue weighted by Gasteiger charge is 2.34. The fraction of sp³-hybridized carbons (Fsp3) is 0.462. The first-order chi connectivity index (χ1) is 8.63. The topological polar surface area (TPSA) is 38.3 Å². The first-order valence-corrected chi connectivity index (χ1v) is 6.73. The van der Waals surface area contributed by atoms with Gasteiger partial charge in [0.25, 0.3) is 0 Å². The van der Waals surface area contributed by atoms with Crippen molar-refractivity contribution >= 4 is 21.7 Å². The van der Waals surface area contributed by atoms with Crippen LogP contribution in [0.5, 0.6) is 0 Å². The number of benzene rings is 1. The van der Waals surface area contributed by atoms with E-state index in [1.54, 1.807) is 6.07 Å². The number of ketones is 1. The van der Waals surface area contributed by atoms with E-state index in [1.165, 1.54) is 12.1 Å². The molecule has 1 saturated heterocycles. The van der Waals surface area contributed by atoms with Crippen molar-refractivity contribution in [1.82, 2.24) is 5.32 Å². The van der Waals surface area contributed by atoms with Gasteiger partial charge in [0.05, 0.1) is 24.7 Å². The van der Waals surface area contributed by atoms with Crippen LogP contribution in [-0.4, -0.2) is 31.6 Å². The van der Waals surface area contributed by atoms with Crippen LogP contribution in [-0.2, 0) is 4.74 Å². The predicted octanol–water partition coefficient (Wildman–Crippen LogP) is 2.40. The van der Waals surface area contributed by atoms with Gasteiger partial charge in [0.1, 0.15) is 5.82 Å². The summed E-state index contributed by atoms with van der Waals surface area (Å²) in [7, 11) is 0. The third kappa shape index (κ3) is 2.79. The highest BCUT2D eigenvalue weighted by molar-refractivity contribution is 9.10. The number of carbonyl (C=O) groups excluding carboxylic acids is 1. The number of likely N-dealkylation sites (N-methyl/N-ethyl adjacent to an activating group) is 1. The van der Waals surface area contributed by atoms with Gasteiger partial charge < -0.3 is 10.1 Å². The summed E-state index contributed by atoms with van der Waals surface area (Å²) in [5.74, 6) is -0.989. The summed E-state index contributed by atoms with van der Waals surface area (Å²) in [5, 5.41) is 3.20. The lowest BCUT2D eigenvalue weighted by molar-refractivity contribution is 0.0887. The highest BCUT2D eigenvalue weighted by Crippen LogP contribution is 2.23. The van der Waals surface area contributed by atoms with Crippen LogP contribution in [0.15, 0.2) is 22.7 Å². The maximum atomic E-state index is 13.7. The molecule has 0 spiro atoms. The predicted molar refractivity (Wildman–Crippen MR) is 70.2 cm³/mol. The first-order valence-electron chi connectivity index (χ1n) is 5.94. The molecule has 5 heteroatoms. The average molecular weight is 316 g/mol. The molecule has 1 aromatic rings. The zero-order valence-corrected chi connectivity index (χ0v) is 11.7. The molecule has 1 aromatic carbocycles. The van der Waals surface area contributed by atoms with Gasteiger partial charge in [0.15, 0.2) is 5.78 Å². The molecule has 0 aromatic heterocycles. The number of ether oxygens (including phenoxy) is 1. The minimum Gasteiger partial charge on any atom is -0.379 e. The Hall–Kier alpha value is -0.780. The van der Waals surface area contributed by atoms with E-state index >= 15 is 0 Å². The molecule has 0 amide bonds. The smallest absolute Gasteiger partial charge is 0.172 e. The molecule has 0 saturated carbocycles. The van der Waals surface area contributed by atoms with Crippen LogP contribution < -0.4 is 5.32 Å². The maximum absolute atomic E-state index is 13.7. The van der Waals surface area contributed by atoms with Crippen molar-refractivity contribution in [1.29, 1.82) is 0 Å². The van der Waals surface area contributed by atoms with E-state index in [1.807, 2.05) is 6.92 Å². The van der Waals surface area contributed by atoms with Gasteiger partial charge in [0.2, 0.25) is 0 Å². The molecule has 1 fully saturated rings. The van der Waals surface area contributed by atoms with Gasteiger partial charge in [-0.25, -0.2) is 4.39 Å². The van der Waals surface area contributed by atoms with Crippen LogP contribution in [0.3, 0.4) is 0 Å². The second-order valence-electron chi connectivity index (χ2n) is 4.30. The monoisotopic (exact) mass is 315 g/mol. The van der Waals surface area contributed by atoms with Crippen molar-refractivity contribution in [3.8, 4) is 0 Å². The Labute approximate surface area is 114 Å². The van der Waals surface area contributed by atoms with Gasteiger partial charge >= 0.3 is 0 Å². The second kappa shape index (κ2) is 5.91. The second-order valence-corrected chi connectivity index (χ2v) is 5.21. The fourth-order valence-electron chi connectivity index (χ4n) is 2.16. The van der Waals surface area contributed by atoms with Crippen molar-refractivity contribution in [3.63, 3.8) is 0 Å². The Morgan fingerprint density at radius 3 is 3.06 bits per heavy atom. The largest absolute Gasteiger partial charge is 0.379 e. The van der Waals surface area contributed by atoms with Crippen molar-refractivity contribution in [3.05, 3.63) is 34.1 Å². The Morgan fingerprint density at radius 1 is 1.56 bits per heavy atom. The molecule has 18 heavy (non-hydrogen) atoms. The normalized spacial score (nSPS) is 23.3. The van der Waals surface area contributed by atoms with E-state index in [9.17, 15) is 9.18 Å². The summed E-state index contributed by atoms with van der Waals surface area (Å²) in [6, 6.07) is 4.38. The van der Waals surface area contributed by atoms with Gasteiger partial charge in [-0.05, 0) is 24.7 Å². The molecule has 0 aliphatic carbocycles. The van der Waals surface area contributed by atoms with Crippen LogP contribution in [0.2, 0.25) is 0 Å². The number of rotatable bonds is 4. The number of carbonyl (C=O) groups is 1. The number of nitrogens with one attached hydrogen (secondary N) is 1. The summed E-state index contributed by atoms with van der Waals surface area (Å²) in [6.45, 7) is 3.58. The highest BCUT2D eigenvalue weighted by atomic mass is 79.9. The summed E-state index contributed by atoms with van der Waals surface area (Å²) < 4.78 is 19.7. The van der Waals surface area contributed by atoms with E-state index in [0.717, 1.165) is 6.54 Å². The van der Waals surface area contributed by atoms with Gasteiger partial charge in [0, 0.05) is 10.5 Å².